The Kier molecular flexibility index (Phi) is 3.15. The number of nitrogens with zero attached hydrogens (tertiary/aromatic N) is 4. The third kappa shape index (κ3) is 2.38. The van der Waals surface area contributed by atoms with E-state index in [4.69, 9.17) is 4.98 Å². The Bertz CT molecular complexity index is 987. The summed E-state index contributed by atoms with van der Waals surface area (Å²) in [6.07, 6.45) is 0. The first-order valence-corrected chi connectivity index (χ1v) is 7.57. The molecule has 0 spiro atoms. The van der Waals surface area contributed by atoms with Gasteiger partial charge in [0.1, 0.15) is 5.82 Å². The van der Waals surface area contributed by atoms with Crippen molar-refractivity contribution in [1.29, 1.82) is 0 Å². The molecule has 0 bridgehead atoms. The number of aryl methyl sites for hydroxylation is 2. The van der Waals surface area contributed by atoms with Gasteiger partial charge in [0.25, 0.3) is 0 Å². The van der Waals surface area contributed by atoms with Gasteiger partial charge in [0, 0.05) is 17.2 Å². The molecule has 0 N–H and O–H groups in total. The molecule has 0 aliphatic heterocycles. The summed E-state index contributed by atoms with van der Waals surface area (Å²) < 4.78 is 2.00. The van der Waals surface area contributed by atoms with Crippen LogP contribution in [-0.2, 0) is 0 Å². The molecular weight excluding hydrogens is 284 g/mol. The van der Waals surface area contributed by atoms with Crippen LogP contribution >= 0.6 is 0 Å². The van der Waals surface area contributed by atoms with Crippen LogP contribution in [0, 0.1) is 13.8 Å². The third-order valence-corrected chi connectivity index (χ3v) is 3.91. The van der Waals surface area contributed by atoms with Gasteiger partial charge in [0.2, 0.25) is 0 Å². The van der Waals surface area contributed by atoms with E-state index in [0.29, 0.717) is 0 Å². The van der Waals surface area contributed by atoms with Crippen molar-refractivity contribution >= 4 is 5.65 Å². The van der Waals surface area contributed by atoms with Crippen molar-refractivity contribution in [2.24, 2.45) is 0 Å². The molecule has 0 aliphatic rings. The molecular formula is C19H16N4. The van der Waals surface area contributed by atoms with Crippen LogP contribution in [0.4, 0.5) is 0 Å². The topological polar surface area (TPSA) is 43.1 Å². The smallest absolute Gasteiger partial charge is 0.169 e. The summed E-state index contributed by atoms with van der Waals surface area (Å²) in [5.41, 5.74) is 5.06. The molecule has 0 radical (unpaired) electrons. The molecule has 4 aromatic rings. The van der Waals surface area contributed by atoms with E-state index in [0.717, 1.165) is 34.1 Å². The Morgan fingerprint density at radius 2 is 1.57 bits per heavy atom. The lowest BCUT2D eigenvalue weighted by Gasteiger charge is -2.07. The number of benzene rings is 2. The highest BCUT2D eigenvalue weighted by Crippen LogP contribution is 2.24. The molecule has 0 saturated carbocycles. The molecule has 4 nitrogen and oxygen atoms in total. The summed E-state index contributed by atoms with van der Waals surface area (Å²) in [7, 11) is 0. The number of hydrogen-bond acceptors (Lipinski definition) is 3. The van der Waals surface area contributed by atoms with Gasteiger partial charge < -0.3 is 0 Å². The molecule has 4 heteroatoms. The maximum absolute atomic E-state index is 4.74. The van der Waals surface area contributed by atoms with Crippen LogP contribution in [-0.4, -0.2) is 19.6 Å². The normalized spacial score (nSPS) is 11.0. The highest BCUT2D eigenvalue weighted by atomic mass is 15.3. The van der Waals surface area contributed by atoms with Crippen molar-refractivity contribution in [3.05, 3.63) is 72.1 Å². The van der Waals surface area contributed by atoms with Gasteiger partial charge in [-0.3, -0.25) is 4.40 Å². The summed E-state index contributed by atoms with van der Waals surface area (Å²) in [5.74, 6) is 1.70. The van der Waals surface area contributed by atoms with E-state index in [1.807, 2.05) is 47.7 Å². The Morgan fingerprint density at radius 1 is 0.783 bits per heavy atom. The molecule has 112 valence electrons. The lowest BCUT2D eigenvalue weighted by molar-refractivity contribution is 0.991. The predicted molar refractivity (Wildman–Crippen MR) is 91.1 cm³/mol. The van der Waals surface area contributed by atoms with Crippen LogP contribution < -0.4 is 0 Å². The molecule has 0 atom stereocenters. The minimum Gasteiger partial charge on any atom is -0.263 e. The van der Waals surface area contributed by atoms with Crippen molar-refractivity contribution < 1.29 is 0 Å². The number of aromatic nitrogens is 4. The van der Waals surface area contributed by atoms with Gasteiger partial charge in [0.05, 0.1) is 5.69 Å². The van der Waals surface area contributed by atoms with Crippen molar-refractivity contribution in [1.82, 2.24) is 19.6 Å². The molecule has 23 heavy (non-hydrogen) atoms. The first-order chi connectivity index (χ1) is 11.2. The van der Waals surface area contributed by atoms with E-state index < -0.39 is 0 Å². The molecule has 2 aromatic heterocycles. The Morgan fingerprint density at radius 3 is 2.35 bits per heavy atom. The minimum absolute atomic E-state index is 0.813. The molecule has 2 aromatic carbocycles. The number of hydrogen-bond donors (Lipinski definition) is 0. The predicted octanol–water partition coefficient (Wildman–Crippen LogP) is 4.08. The van der Waals surface area contributed by atoms with Gasteiger partial charge in [-0.05, 0) is 19.9 Å². The zero-order valence-electron chi connectivity index (χ0n) is 13.1. The maximum atomic E-state index is 4.74. The van der Waals surface area contributed by atoms with Gasteiger partial charge in [-0.2, -0.15) is 0 Å². The van der Waals surface area contributed by atoms with Gasteiger partial charge >= 0.3 is 0 Å². The Hall–Kier alpha value is -3.01. The molecule has 0 fully saturated rings. The standard InChI is InChI=1S/C19H16N4/c1-13-7-6-10-16(11-13)19-22-21-18-12-17(20-14(2)23(18)19)15-8-4-3-5-9-15/h3-12H,1-2H3. The lowest BCUT2D eigenvalue weighted by atomic mass is 10.1. The molecule has 0 aliphatic carbocycles. The summed E-state index contributed by atoms with van der Waals surface area (Å²) in [4.78, 5) is 4.74. The highest BCUT2D eigenvalue weighted by Gasteiger charge is 2.13. The van der Waals surface area contributed by atoms with Crippen molar-refractivity contribution in [2.45, 2.75) is 13.8 Å². The second kappa shape index (κ2) is 5.32. The first kappa shape index (κ1) is 13.6. The van der Waals surface area contributed by atoms with Crippen LogP contribution in [0.5, 0.6) is 0 Å². The van der Waals surface area contributed by atoms with Crippen LogP contribution in [0.3, 0.4) is 0 Å². The minimum atomic E-state index is 0.813. The van der Waals surface area contributed by atoms with Crippen molar-refractivity contribution in [3.8, 4) is 22.6 Å². The molecule has 4 rings (SSSR count). The van der Waals surface area contributed by atoms with E-state index in [2.05, 4.69) is 41.4 Å². The SMILES string of the molecule is Cc1cccc(-c2nnc3cc(-c4ccccc4)nc(C)n23)c1. The fourth-order valence-electron chi connectivity index (χ4n) is 2.82. The fraction of sp³-hybridized carbons (Fsp3) is 0.105. The zero-order valence-corrected chi connectivity index (χ0v) is 13.1. The third-order valence-electron chi connectivity index (χ3n) is 3.91. The fourth-order valence-corrected chi connectivity index (χ4v) is 2.82. The van der Waals surface area contributed by atoms with E-state index in [1.54, 1.807) is 0 Å². The Labute approximate surface area is 134 Å². The van der Waals surface area contributed by atoms with Gasteiger partial charge in [-0.25, -0.2) is 4.98 Å². The second-order valence-corrected chi connectivity index (χ2v) is 5.64. The molecule has 0 amide bonds. The summed E-state index contributed by atoms with van der Waals surface area (Å²) >= 11 is 0. The largest absolute Gasteiger partial charge is 0.263 e. The number of rotatable bonds is 2. The van der Waals surface area contributed by atoms with Gasteiger partial charge in [0.15, 0.2) is 11.5 Å². The first-order valence-electron chi connectivity index (χ1n) is 7.57. The van der Waals surface area contributed by atoms with Crippen molar-refractivity contribution in [3.63, 3.8) is 0 Å². The van der Waals surface area contributed by atoms with Gasteiger partial charge in [-0.15, -0.1) is 10.2 Å². The monoisotopic (exact) mass is 300 g/mol. The summed E-state index contributed by atoms with van der Waals surface area (Å²) in [6.45, 7) is 4.06. The average Bonchev–Trinajstić information content (AvgIpc) is 3.00. The van der Waals surface area contributed by atoms with Crippen LogP contribution in [0.15, 0.2) is 60.7 Å². The Balaban J connectivity index is 1.91. The van der Waals surface area contributed by atoms with Crippen LogP contribution in [0.1, 0.15) is 11.4 Å². The lowest BCUT2D eigenvalue weighted by Crippen LogP contribution is -1.99. The van der Waals surface area contributed by atoms with E-state index >= 15 is 0 Å². The summed E-state index contributed by atoms with van der Waals surface area (Å²) in [6, 6.07) is 20.4. The average molecular weight is 300 g/mol. The van der Waals surface area contributed by atoms with Crippen LogP contribution in [0.2, 0.25) is 0 Å². The van der Waals surface area contributed by atoms with Gasteiger partial charge in [-0.1, -0.05) is 54.1 Å². The second-order valence-electron chi connectivity index (χ2n) is 5.64. The van der Waals surface area contributed by atoms with E-state index in [-0.39, 0.29) is 0 Å². The van der Waals surface area contributed by atoms with Crippen LogP contribution in [0.25, 0.3) is 28.3 Å². The molecule has 0 saturated heterocycles. The van der Waals surface area contributed by atoms with Crippen molar-refractivity contribution in [2.75, 3.05) is 0 Å². The zero-order chi connectivity index (χ0) is 15.8. The maximum Gasteiger partial charge on any atom is 0.169 e. The summed E-state index contributed by atoms with van der Waals surface area (Å²) in [5, 5.41) is 8.72. The van der Waals surface area contributed by atoms with E-state index in [1.165, 1.54) is 5.56 Å². The molecule has 0 unspecified atom stereocenters. The highest BCUT2D eigenvalue weighted by molar-refractivity contribution is 5.67. The van der Waals surface area contributed by atoms with E-state index in [9.17, 15) is 0 Å². The molecule has 2 heterocycles. The number of fused-ring (bicyclic) bond motifs is 1. The quantitative estimate of drug-likeness (QED) is 0.560.